The number of benzene rings is 2. The van der Waals surface area contributed by atoms with Gasteiger partial charge in [-0.1, -0.05) is 18.2 Å². The van der Waals surface area contributed by atoms with E-state index in [0.29, 0.717) is 16.7 Å². The van der Waals surface area contributed by atoms with E-state index >= 15 is 0 Å². The number of nitrogens with zero attached hydrogens (tertiary/aromatic N) is 2. The molecule has 1 aromatic heterocycles. The minimum absolute atomic E-state index is 0.157. The Kier molecular flexibility index (Phi) is 4.83. The molecule has 0 bridgehead atoms. The van der Waals surface area contributed by atoms with Gasteiger partial charge in [0.1, 0.15) is 6.04 Å². The normalized spacial score (nSPS) is 11.9. The molecular formula is C18H13F2N3O3. The van der Waals surface area contributed by atoms with Crippen molar-refractivity contribution in [2.45, 2.75) is 12.5 Å². The summed E-state index contributed by atoms with van der Waals surface area (Å²) < 4.78 is 26.9. The number of carbonyl (C=O) groups is 2. The maximum absolute atomic E-state index is 13.7. The van der Waals surface area contributed by atoms with Crippen LogP contribution in [0.1, 0.15) is 16.1 Å². The van der Waals surface area contributed by atoms with Crippen molar-refractivity contribution in [1.82, 2.24) is 15.3 Å². The summed E-state index contributed by atoms with van der Waals surface area (Å²) in [5.41, 5.74) is 1.00. The lowest BCUT2D eigenvalue weighted by atomic mass is 10.1. The highest BCUT2D eigenvalue weighted by molar-refractivity contribution is 5.96. The van der Waals surface area contributed by atoms with Crippen molar-refractivity contribution in [2.75, 3.05) is 0 Å². The fourth-order valence-electron chi connectivity index (χ4n) is 2.42. The lowest BCUT2D eigenvalue weighted by molar-refractivity contribution is -0.139. The maximum Gasteiger partial charge on any atom is 0.326 e. The van der Waals surface area contributed by atoms with Gasteiger partial charge in [-0.25, -0.2) is 18.6 Å². The molecule has 0 saturated carbocycles. The van der Waals surface area contributed by atoms with Gasteiger partial charge >= 0.3 is 5.97 Å². The molecule has 0 aliphatic heterocycles. The first kappa shape index (κ1) is 17.4. The quantitative estimate of drug-likeness (QED) is 0.731. The number of aliphatic carboxylic acids is 1. The van der Waals surface area contributed by atoms with E-state index in [4.69, 9.17) is 0 Å². The average molecular weight is 357 g/mol. The van der Waals surface area contributed by atoms with Crippen LogP contribution in [0.15, 0.2) is 48.7 Å². The lowest BCUT2D eigenvalue weighted by Gasteiger charge is -2.14. The van der Waals surface area contributed by atoms with E-state index in [1.807, 2.05) is 0 Å². The van der Waals surface area contributed by atoms with Crippen LogP contribution < -0.4 is 5.32 Å². The summed E-state index contributed by atoms with van der Waals surface area (Å²) in [5.74, 6) is -4.88. The van der Waals surface area contributed by atoms with Gasteiger partial charge in [0.15, 0.2) is 11.6 Å². The van der Waals surface area contributed by atoms with Crippen molar-refractivity contribution in [2.24, 2.45) is 0 Å². The van der Waals surface area contributed by atoms with E-state index in [0.717, 1.165) is 18.2 Å². The summed E-state index contributed by atoms with van der Waals surface area (Å²) in [5, 5.41) is 11.5. The number of para-hydroxylation sites is 2. The third kappa shape index (κ3) is 3.64. The predicted molar refractivity (Wildman–Crippen MR) is 88.5 cm³/mol. The topological polar surface area (TPSA) is 92.2 Å². The third-order valence-electron chi connectivity index (χ3n) is 3.71. The Balaban J connectivity index is 1.81. The summed E-state index contributed by atoms with van der Waals surface area (Å²) in [6.07, 6.45) is 1.25. The molecule has 3 aromatic rings. The summed E-state index contributed by atoms with van der Waals surface area (Å²) in [6.45, 7) is 0. The second-order valence-corrected chi connectivity index (χ2v) is 5.52. The van der Waals surface area contributed by atoms with E-state index in [1.54, 1.807) is 24.3 Å². The first-order chi connectivity index (χ1) is 12.5. The highest BCUT2D eigenvalue weighted by atomic mass is 19.2. The number of hydrogen-bond acceptors (Lipinski definition) is 4. The van der Waals surface area contributed by atoms with Crippen LogP contribution in [0, 0.1) is 11.6 Å². The zero-order valence-electron chi connectivity index (χ0n) is 13.3. The fourth-order valence-corrected chi connectivity index (χ4v) is 2.42. The van der Waals surface area contributed by atoms with Crippen molar-refractivity contribution >= 4 is 22.9 Å². The van der Waals surface area contributed by atoms with Gasteiger partial charge in [0.2, 0.25) is 0 Å². The molecular weight excluding hydrogens is 344 g/mol. The predicted octanol–water partition coefficient (Wildman–Crippen LogP) is 2.33. The summed E-state index contributed by atoms with van der Waals surface area (Å²) in [4.78, 5) is 32.1. The molecule has 0 aliphatic carbocycles. The standard InChI is InChI=1S/C18H13F2N3O3/c19-12-5-3-4-11(16(12)20)17(24)23-15(18(25)26)8-10-9-21-13-6-1-2-7-14(13)22-10/h1-7,9,15H,8H2,(H,23,24)(H,25,26)/t15-/m1/s1. The number of nitrogens with one attached hydrogen (secondary N) is 1. The van der Waals surface area contributed by atoms with E-state index < -0.39 is 35.1 Å². The van der Waals surface area contributed by atoms with Gasteiger partial charge in [0.25, 0.3) is 5.91 Å². The Labute approximate surface area is 146 Å². The van der Waals surface area contributed by atoms with Crippen LogP contribution in [0.5, 0.6) is 0 Å². The van der Waals surface area contributed by atoms with Crippen molar-refractivity contribution < 1.29 is 23.5 Å². The molecule has 1 atom stereocenters. The van der Waals surface area contributed by atoms with Crippen molar-refractivity contribution in [3.63, 3.8) is 0 Å². The number of aromatic nitrogens is 2. The Morgan fingerprint density at radius 1 is 1.08 bits per heavy atom. The van der Waals surface area contributed by atoms with Crippen LogP contribution in [0.25, 0.3) is 11.0 Å². The molecule has 0 radical (unpaired) electrons. The maximum atomic E-state index is 13.7. The van der Waals surface area contributed by atoms with Crippen LogP contribution >= 0.6 is 0 Å². The molecule has 0 spiro atoms. The molecule has 0 fully saturated rings. The van der Waals surface area contributed by atoms with Gasteiger partial charge < -0.3 is 10.4 Å². The molecule has 3 rings (SSSR count). The monoisotopic (exact) mass is 357 g/mol. The molecule has 132 valence electrons. The molecule has 2 N–H and O–H groups in total. The lowest BCUT2D eigenvalue weighted by Crippen LogP contribution is -2.42. The minimum Gasteiger partial charge on any atom is -0.480 e. The van der Waals surface area contributed by atoms with Gasteiger partial charge in [-0.05, 0) is 24.3 Å². The SMILES string of the molecule is O=C(N[C@H](Cc1cnc2ccccc2n1)C(=O)O)c1cccc(F)c1F. The van der Waals surface area contributed by atoms with Crippen molar-refractivity contribution in [3.05, 3.63) is 71.6 Å². The molecule has 6 nitrogen and oxygen atoms in total. The van der Waals surface area contributed by atoms with E-state index in [-0.39, 0.29) is 6.42 Å². The number of fused-ring (bicyclic) bond motifs is 1. The number of hydrogen-bond donors (Lipinski definition) is 2. The van der Waals surface area contributed by atoms with Crippen LogP contribution in [0.2, 0.25) is 0 Å². The summed E-state index contributed by atoms with van der Waals surface area (Å²) >= 11 is 0. The van der Waals surface area contributed by atoms with Crippen LogP contribution in [0.3, 0.4) is 0 Å². The average Bonchev–Trinajstić information content (AvgIpc) is 2.63. The van der Waals surface area contributed by atoms with Crippen LogP contribution in [-0.4, -0.2) is 33.0 Å². The number of halogens is 2. The summed E-state index contributed by atoms with van der Waals surface area (Å²) in [7, 11) is 0. The van der Waals surface area contributed by atoms with Crippen molar-refractivity contribution in [1.29, 1.82) is 0 Å². The molecule has 2 aromatic carbocycles. The van der Waals surface area contributed by atoms with Gasteiger partial charge in [0, 0.05) is 12.6 Å². The zero-order valence-corrected chi connectivity index (χ0v) is 13.3. The largest absolute Gasteiger partial charge is 0.480 e. The first-order valence-corrected chi connectivity index (χ1v) is 7.64. The molecule has 8 heteroatoms. The van der Waals surface area contributed by atoms with Gasteiger partial charge in [-0.2, -0.15) is 0 Å². The second-order valence-electron chi connectivity index (χ2n) is 5.52. The van der Waals surface area contributed by atoms with Gasteiger partial charge in [-0.3, -0.25) is 9.78 Å². The van der Waals surface area contributed by atoms with Crippen molar-refractivity contribution in [3.8, 4) is 0 Å². The molecule has 0 unspecified atom stereocenters. The fraction of sp³-hybridized carbons (Fsp3) is 0.111. The molecule has 0 aliphatic rings. The molecule has 0 saturated heterocycles. The second kappa shape index (κ2) is 7.22. The Morgan fingerprint density at radius 2 is 1.81 bits per heavy atom. The summed E-state index contributed by atoms with van der Waals surface area (Å²) in [6, 6.07) is 8.78. The number of amides is 1. The first-order valence-electron chi connectivity index (χ1n) is 7.64. The number of carboxylic acid groups (broad SMARTS) is 1. The smallest absolute Gasteiger partial charge is 0.326 e. The highest BCUT2D eigenvalue weighted by Crippen LogP contribution is 2.13. The number of rotatable bonds is 5. The molecule has 26 heavy (non-hydrogen) atoms. The Hall–Kier alpha value is -3.42. The van der Waals surface area contributed by atoms with E-state index in [2.05, 4.69) is 15.3 Å². The molecule has 1 heterocycles. The highest BCUT2D eigenvalue weighted by Gasteiger charge is 2.24. The van der Waals surface area contributed by atoms with Crippen LogP contribution in [0.4, 0.5) is 8.78 Å². The number of carboxylic acids is 1. The Bertz CT molecular complexity index is 994. The van der Waals surface area contributed by atoms with Gasteiger partial charge in [0.05, 0.1) is 22.3 Å². The van der Waals surface area contributed by atoms with E-state index in [1.165, 1.54) is 6.20 Å². The zero-order chi connectivity index (χ0) is 18.7. The Morgan fingerprint density at radius 3 is 2.54 bits per heavy atom. The van der Waals surface area contributed by atoms with Crippen LogP contribution in [-0.2, 0) is 11.2 Å². The van der Waals surface area contributed by atoms with E-state index in [9.17, 15) is 23.5 Å². The van der Waals surface area contributed by atoms with Gasteiger partial charge in [-0.15, -0.1) is 0 Å². The third-order valence-corrected chi connectivity index (χ3v) is 3.71. The molecule has 1 amide bonds. The minimum atomic E-state index is -1.37. The number of carbonyl (C=O) groups excluding carboxylic acids is 1.